The molecule has 7 nitrogen and oxygen atoms in total. The summed E-state index contributed by atoms with van der Waals surface area (Å²) in [6.07, 6.45) is 0. The number of amides is 2. The van der Waals surface area contributed by atoms with E-state index < -0.39 is 0 Å². The first kappa shape index (κ1) is 21.2. The van der Waals surface area contributed by atoms with Crippen LogP contribution in [-0.2, 0) is 9.59 Å². The van der Waals surface area contributed by atoms with E-state index in [0.29, 0.717) is 31.1 Å². The molecule has 0 atom stereocenters. The van der Waals surface area contributed by atoms with E-state index in [0.717, 1.165) is 39.3 Å². The highest BCUT2D eigenvalue weighted by atomic mass is 16.5. The molecule has 0 spiro atoms. The van der Waals surface area contributed by atoms with E-state index in [1.165, 1.54) is 0 Å². The van der Waals surface area contributed by atoms with Gasteiger partial charge >= 0.3 is 0 Å². The van der Waals surface area contributed by atoms with E-state index in [4.69, 9.17) is 4.74 Å². The van der Waals surface area contributed by atoms with Crippen molar-refractivity contribution >= 4 is 17.5 Å². The number of piperazine rings is 1. The molecule has 1 heterocycles. The van der Waals surface area contributed by atoms with Crippen molar-refractivity contribution in [3.63, 3.8) is 0 Å². The number of hydrogen-bond donors (Lipinski definition) is 1. The second-order valence-corrected chi connectivity index (χ2v) is 6.60. The van der Waals surface area contributed by atoms with Crippen LogP contribution in [0.5, 0.6) is 5.75 Å². The maximum Gasteiger partial charge on any atom is 0.238 e. The smallest absolute Gasteiger partial charge is 0.238 e. The van der Waals surface area contributed by atoms with Crippen LogP contribution in [0.2, 0.25) is 0 Å². The zero-order valence-electron chi connectivity index (χ0n) is 16.7. The number of hydrogen-bond acceptors (Lipinski definition) is 5. The van der Waals surface area contributed by atoms with Crippen LogP contribution in [0, 0.1) is 0 Å². The van der Waals surface area contributed by atoms with Gasteiger partial charge in [0.1, 0.15) is 5.75 Å². The van der Waals surface area contributed by atoms with Crippen LogP contribution < -0.4 is 10.1 Å². The molecule has 0 saturated carbocycles. The summed E-state index contributed by atoms with van der Waals surface area (Å²) in [5.74, 6) is 0.821. The van der Waals surface area contributed by atoms with Crippen molar-refractivity contribution in [1.29, 1.82) is 0 Å². The molecule has 7 heteroatoms. The molecule has 0 aliphatic carbocycles. The Morgan fingerprint density at radius 3 is 2.19 bits per heavy atom. The van der Waals surface area contributed by atoms with Crippen molar-refractivity contribution in [3.05, 3.63) is 24.3 Å². The van der Waals surface area contributed by atoms with Crippen LogP contribution in [0.25, 0.3) is 0 Å². The summed E-state index contributed by atoms with van der Waals surface area (Å²) >= 11 is 0. The standard InChI is InChI=1S/C20H32N4O3/c1-4-24(5-2)20(26)16-23-13-11-22(12-14-23)15-19(25)21-17-9-7-8-10-18(17)27-6-3/h7-10H,4-6,11-16H2,1-3H3,(H,21,25). The maximum absolute atomic E-state index is 12.4. The minimum absolute atomic E-state index is 0.0465. The van der Waals surface area contributed by atoms with Gasteiger partial charge in [0.15, 0.2) is 0 Å². The summed E-state index contributed by atoms with van der Waals surface area (Å²) in [5.41, 5.74) is 0.702. The third kappa shape index (κ3) is 6.52. The van der Waals surface area contributed by atoms with Gasteiger partial charge in [-0.3, -0.25) is 19.4 Å². The maximum atomic E-state index is 12.4. The molecule has 0 aromatic heterocycles. The van der Waals surface area contributed by atoms with Gasteiger partial charge in [-0.05, 0) is 32.9 Å². The van der Waals surface area contributed by atoms with Gasteiger partial charge in [0, 0.05) is 39.3 Å². The summed E-state index contributed by atoms with van der Waals surface area (Å²) in [4.78, 5) is 30.7. The normalized spacial score (nSPS) is 15.4. The van der Waals surface area contributed by atoms with E-state index in [9.17, 15) is 9.59 Å². The Morgan fingerprint density at radius 1 is 1.00 bits per heavy atom. The van der Waals surface area contributed by atoms with Crippen LogP contribution >= 0.6 is 0 Å². The molecule has 1 aromatic rings. The molecular formula is C20H32N4O3. The molecular weight excluding hydrogens is 344 g/mol. The molecule has 0 unspecified atom stereocenters. The van der Waals surface area contributed by atoms with Crippen LogP contribution in [-0.4, -0.2) is 85.5 Å². The second-order valence-electron chi connectivity index (χ2n) is 6.60. The number of nitrogens with one attached hydrogen (secondary N) is 1. The minimum Gasteiger partial charge on any atom is -0.492 e. The van der Waals surface area contributed by atoms with Crippen LogP contribution in [0.1, 0.15) is 20.8 Å². The highest BCUT2D eigenvalue weighted by Crippen LogP contribution is 2.23. The van der Waals surface area contributed by atoms with E-state index >= 15 is 0 Å². The molecule has 1 aromatic carbocycles. The summed E-state index contributed by atoms with van der Waals surface area (Å²) in [5, 5.41) is 2.94. The quantitative estimate of drug-likeness (QED) is 0.708. The lowest BCUT2D eigenvalue weighted by atomic mass is 10.2. The minimum atomic E-state index is -0.0465. The number of benzene rings is 1. The predicted octanol–water partition coefficient (Wildman–Crippen LogP) is 1.51. The Hall–Kier alpha value is -2.12. The topological polar surface area (TPSA) is 65.1 Å². The van der Waals surface area contributed by atoms with Crippen LogP contribution in [0.3, 0.4) is 0 Å². The van der Waals surface area contributed by atoms with E-state index in [2.05, 4.69) is 15.1 Å². The third-order valence-electron chi connectivity index (χ3n) is 4.77. The molecule has 0 radical (unpaired) electrons. The van der Waals surface area contributed by atoms with Crippen molar-refractivity contribution in [2.24, 2.45) is 0 Å². The highest BCUT2D eigenvalue weighted by molar-refractivity contribution is 5.93. The number of likely N-dealkylation sites (N-methyl/N-ethyl adjacent to an activating group) is 1. The first-order chi connectivity index (χ1) is 13.1. The Balaban J connectivity index is 1.77. The lowest BCUT2D eigenvalue weighted by molar-refractivity contribution is -0.132. The van der Waals surface area contributed by atoms with E-state index in [1.54, 1.807) is 0 Å². The number of carbonyl (C=O) groups excluding carboxylic acids is 2. The average Bonchev–Trinajstić information content (AvgIpc) is 2.66. The van der Waals surface area contributed by atoms with Gasteiger partial charge in [-0.1, -0.05) is 12.1 Å². The Bertz CT molecular complexity index is 611. The lowest BCUT2D eigenvalue weighted by Gasteiger charge is -2.34. The molecule has 1 aliphatic rings. The second kappa shape index (κ2) is 10.9. The van der Waals surface area contributed by atoms with Crippen LogP contribution in [0.4, 0.5) is 5.69 Å². The summed E-state index contributed by atoms with van der Waals surface area (Å²) in [6.45, 7) is 12.0. The average molecular weight is 377 g/mol. The van der Waals surface area contributed by atoms with E-state index in [1.807, 2.05) is 49.9 Å². The predicted molar refractivity (Wildman–Crippen MR) is 107 cm³/mol. The monoisotopic (exact) mass is 376 g/mol. The lowest BCUT2D eigenvalue weighted by Crippen LogP contribution is -2.51. The van der Waals surface area contributed by atoms with E-state index in [-0.39, 0.29) is 11.8 Å². The third-order valence-corrected chi connectivity index (χ3v) is 4.77. The number of nitrogens with zero attached hydrogens (tertiary/aromatic N) is 3. The van der Waals surface area contributed by atoms with Crippen molar-refractivity contribution in [3.8, 4) is 5.75 Å². The van der Waals surface area contributed by atoms with Gasteiger partial charge in [0.25, 0.3) is 0 Å². The fraction of sp³-hybridized carbons (Fsp3) is 0.600. The number of carbonyl (C=O) groups is 2. The first-order valence-corrected chi connectivity index (χ1v) is 9.81. The zero-order chi connectivity index (χ0) is 19.6. The SMILES string of the molecule is CCOc1ccccc1NC(=O)CN1CCN(CC(=O)N(CC)CC)CC1. The van der Waals surface area contributed by atoms with Crippen LogP contribution in [0.15, 0.2) is 24.3 Å². The van der Waals surface area contributed by atoms with Gasteiger partial charge in [-0.15, -0.1) is 0 Å². The van der Waals surface area contributed by atoms with Gasteiger partial charge in [-0.25, -0.2) is 0 Å². The van der Waals surface area contributed by atoms with Gasteiger partial charge in [0.05, 0.1) is 25.4 Å². The zero-order valence-corrected chi connectivity index (χ0v) is 16.7. The Morgan fingerprint density at radius 2 is 1.59 bits per heavy atom. The molecule has 1 fully saturated rings. The van der Waals surface area contributed by atoms with Crippen molar-refractivity contribution < 1.29 is 14.3 Å². The molecule has 1 N–H and O–H groups in total. The number of ether oxygens (including phenoxy) is 1. The molecule has 2 amide bonds. The molecule has 27 heavy (non-hydrogen) atoms. The molecule has 2 rings (SSSR count). The van der Waals surface area contributed by atoms with Crippen molar-refractivity contribution in [1.82, 2.24) is 14.7 Å². The van der Waals surface area contributed by atoms with Gasteiger partial charge < -0.3 is 15.0 Å². The molecule has 1 saturated heterocycles. The molecule has 1 aliphatic heterocycles. The van der Waals surface area contributed by atoms with Crippen molar-refractivity contribution in [2.75, 3.05) is 64.3 Å². The molecule has 0 bridgehead atoms. The largest absolute Gasteiger partial charge is 0.492 e. The number of anilines is 1. The number of para-hydroxylation sites is 2. The summed E-state index contributed by atoms with van der Waals surface area (Å²) in [7, 11) is 0. The summed E-state index contributed by atoms with van der Waals surface area (Å²) in [6, 6.07) is 7.47. The fourth-order valence-corrected chi connectivity index (χ4v) is 3.22. The Kier molecular flexibility index (Phi) is 8.54. The number of rotatable bonds is 9. The van der Waals surface area contributed by atoms with Gasteiger partial charge in [0.2, 0.25) is 11.8 Å². The summed E-state index contributed by atoms with van der Waals surface area (Å²) < 4.78 is 5.55. The fourth-order valence-electron chi connectivity index (χ4n) is 3.22. The van der Waals surface area contributed by atoms with Gasteiger partial charge in [-0.2, -0.15) is 0 Å². The Labute approximate surface area is 162 Å². The van der Waals surface area contributed by atoms with Crippen molar-refractivity contribution in [2.45, 2.75) is 20.8 Å². The first-order valence-electron chi connectivity index (χ1n) is 9.81. The highest BCUT2D eigenvalue weighted by Gasteiger charge is 2.22. The molecule has 150 valence electrons.